The van der Waals surface area contributed by atoms with Gasteiger partial charge in [-0.05, 0) is 19.1 Å². The minimum Gasteiger partial charge on any atom is -0.396 e. The Kier molecular flexibility index (Phi) is 3.23. The van der Waals surface area contributed by atoms with Gasteiger partial charge in [-0.3, -0.25) is 14.7 Å². The molecular formula is C15H15N3O3. The highest BCUT2D eigenvalue weighted by Crippen LogP contribution is 2.09. The third-order valence-corrected chi connectivity index (χ3v) is 3.53. The van der Waals surface area contributed by atoms with Gasteiger partial charge in [-0.25, -0.2) is 4.68 Å². The van der Waals surface area contributed by atoms with E-state index >= 15 is 0 Å². The second kappa shape index (κ2) is 5.06. The monoisotopic (exact) mass is 285 g/mol. The number of nitrogens with one attached hydrogen (secondary N) is 2. The minimum atomic E-state index is -0.392. The van der Waals surface area contributed by atoms with Crippen molar-refractivity contribution in [3.63, 3.8) is 0 Å². The molecule has 0 radical (unpaired) electrons. The van der Waals surface area contributed by atoms with E-state index < -0.39 is 5.56 Å². The van der Waals surface area contributed by atoms with E-state index in [4.69, 9.17) is 5.11 Å². The quantitative estimate of drug-likeness (QED) is 0.666. The fourth-order valence-corrected chi connectivity index (χ4v) is 2.49. The van der Waals surface area contributed by atoms with Crippen molar-refractivity contribution in [3.8, 4) is 5.69 Å². The molecular weight excluding hydrogens is 270 g/mol. The van der Waals surface area contributed by atoms with Crippen LogP contribution in [-0.4, -0.2) is 26.5 Å². The summed E-state index contributed by atoms with van der Waals surface area (Å²) in [7, 11) is 0. The SMILES string of the molecule is Cc1[nH]c2[nH]n(-c3ccccc3)c(=O)c2c(=O)c1CCO. The van der Waals surface area contributed by atoms with Crippen LogP contribution in [0.15, 0.2) is 39.9 Å². The van der Waals surface area contributed by atoms with Crippen molar-refractivity contribution in [1.82, 2.24) is 14.8 Å². The largest absolute Gasteiger partial charge is 0.396 e. The lowest BCUT2D eigenvalue weighted by molar-refractivity contribution is 0.299. The standard InChI is InChI=1S/C15H15N3O3/c1-9-11(7-8-19)13(20)12-14(16-9)17-18(15(12)21)10-5-3-2-4-6-10/h2-6,19H,7-8H2,1H3,(H2,16,17,20). The lowest BCUT2D eigenvalue weighted by Crippen LogP contribution is -2.21. The maximum absolute atomic E-state index is 12.5. The Bertz CT molecular complexity index is 904. The molecule has 3 aromatic rings. The van der Waals surface area contributed by atoms with Gasteiger partial charge in [-0.15, -0.1) is 0 Å². The number of aliphatic hydroxyl groups is 1. The first-order valence-electron chi connectivity index (χ1n) is 6.66. The second-order valence-electron chi connectivity index (χ2n) is 4.87. The highest BCUT2D eigenvalue weighted by Gasteiger charge is 2.16. The number of fused-ring (bicyclic) bond motifs is 1. The average Bonchev–Trinajstić information content (AvgIpc) is 2.81. The number of aliphatic hydroxyl groups excluding tert-OH is 1. The molecule has 0 saturated heterocycles. The summed E-state index contributed by atoms with van der Waals surface area (Å²) in [5, 5.41) is 12.1. The molecule has 0 unspecified atom stereocenters. The first kappa shape index (κ1) is 13.4. The van der Waals surface area contributed by atoms with E-state index in [9.17, 15) is 9.59 Å². The number of pyridine rings is 1. The molecule has 2 heterocycles. The Hall–Kier alpha value is -2.60. The normalized spacial score (nSPS) is 11.1. The summed E-state index contributed by atoms with van der Waals surface area (Å²) in [6.07, 6.45) is 0.229. The molecule has 6 nitrogen and oxygen atoms in total. The summed E-state index contributed by atoms with van der Waals surface area (Å²) in [5.41, 5.74) is 1.44. The maximum atomic E-state index is 12.5. The molecule has 3 N–H and O–H groups in total. The minimum absolute atomic E-state index is 0.0907. The van der Waals surface area contributed by atoms with Gasteiger partial charge in [0, 0.05) is 24.3 Å². The Balaban J connectivity index is 2.34. The van der Waals surface area contributed by atoms with Gasteiger partial charge in [0.1, 0.15) is 11.0 Å². The summed E-state index contributed by atoms with van der Waals surface area (Å²) < 4.78 is 1.34. The fourth-order valence-electron chi connectivity index (χ4n) is 2.49. The highest BCUT2D eigenvalue weighted by molar-refractivity contribution is 5.75. The van der Waals surface area contributed by atoms with E-state index in [2.05, 4.69) is 10.1 Å². The Morgan fingerprint density at radius 2 is 1.90 bits per heavy atom. The van der Waals surface area contributed by atoms with Crippen molar-refractivity contribution in [2.24, 2.45) is 0 Å². The molecule has 1 aromatic carbocycles. The number of hydrogen-bond donors (Lipinski definition) is 3. The number of nitrogens with zero attached hydrogens (tertiary/aromatic N) is 1. The van der Waals surface area contributed by atoms with Crippen molar-refractivity contribution in [3.05, 3.63) is 62.2 Å². The second-order valence-corrected chi connectivity index (χ2v) is 4.87. The Morgan fingerprint density at radius 3 is 2.57 bits per heavy atom. The number of H-pyrrole nitrogens is 2. The van der Waals surface area contributed by atoms with Crippen LogP contribution in [0.1, 0.15) is 11.3 Å². The van der Waals surface area contributed by atoms with Gasteiger partial charge >= 0.3 is 0 Å². The molecule has 3 rings (SSSR count). The van der Waals surface area contributed by atoms with Gasteiger partial charge in [0.25, 0.3) is 5.56 Å². The van der Waals surface area contributed by atoms with E-state index in [-0.39, 0.29) is 23.8 Å². The van der Waals surface area contributed by atoms with Gasteiger partial charge in [0.2, 0.25) is 0 Å². The van der Waals surface area contributed by atoms with Crippen molar-refractivity contribution >= 4 is 11.0 Å². The zero-order valence-corrected chi connectivity index (χ0v) is 11.5. The predicted molar refractivity (Wildman–Crippen MR) is 80.0 cm³/mol. The Labute approximate surface area is 119 Å². The molecule has 6 heteroatoms. The molecule has 0 amide bonds. The van der Waals surface area contributed by atoms with Crippen molar-refractivity contribution < 1.29 is 5.11 Å². The summed E-state index contributed by atoms with van der Waals surface area (Å²) >= 11 is 0. The van der Waals surface area contributed by atoms with Crippen LogP contribution in [0.5, 0.6) is 0 Å². The number of para-hydroxylation sites is 1. The first-order chi connectivity index (χ1) is 10.1. The highest BCUT2D eigenvalue weighted by atomic mass is 16.3. The molecule has 108 valence electrons. The molecule has 0 saturated carbocycles. The number of aromatic amines is 2. The molecule has 0 bridgehead atoms. The van der Waals surface area contributed by atoms with Gasteiger partial charge < -0.3 is 10.1 Å². The number of benzene rings is 1. The number of rotatable bonds is 3. The molecule has 21 heavy (non-hydrogen) atoms. The van der Waals surface area contributed by atoms with Gasteiger partial charge in [-0.2, -0.15) is 0 Å². The molecule has 2 aromatic heterocycles. The van der Waals surface area contributed by atoms with Crippen LogP contribution in [-0.2, 0) is 6.42 Å². The van der Waals surface area contributed by atoms with Gasteiger partial charge in [0.15, 0.2) is 5.43 Å². The van der Waals surface area contributed by atoms with Crippen molar-refractivity contribution in [1.29, 1.82) is 0 Å². The van der Waals surface area contributed by atoms with Crippen LogP contribution >= 0.6 is 0 Å². The molecule has 0 spiro atoms. The van der Waals surface area contributed by atoms with E-state index in [1.807, 2.05) is 18.2 Å². The molecule has 0 aliphatic rings. The topological polar surface area (TPSA) is 90.9 Å². The summed E-state index contributed by atoms with van der Waals surface area (Å²) in [6, 6.07) is 9.05. The third-order valence-electron chi connectivity index (χ3n) is 3.53. The summed E-state index contributed by atoms with van der Waals surface area (Å²) in [6.45, 7) is 1.62. The van der Waals surface area contributed by atoms with Crippen molar-refractivity contribution in [2.45, 2.75) is 13.3 Å². The maximum Gasteiger partial charge on any atom is 0.284 e. The fraction of sp³-hybridized carbons (Fsp3) is 0.200. The molecule has 0 fully saturated rings. The lowest BCUT2D eigenvalue weighted by Gasteiger charge is -2.02. The van der Waals surface area contributed by atoms with E-state index in [0.29, 0.717) is 22.6 Å². The van der Waals surface area contributed by atoms with Crippen LogP contribution in [0.25, 0.3) is 16.7 Å². The van der Waals surface area contributed by atoms with E-state index in [1.54, 1.807) is 19.1 Å². The van der Waals surface area contributed by atoms with Crippen LogP contribution < -0.4 is 11.0 Å². The zero-order valence-electron chi connectivity index (χ0n) is 11.5. The Morgan fingerprint density at radius 1 is 1.19 bits per heavy atom. The number of aryl methyl sites for hydroxylation is 1. The number of aromatic nitrogens is 3. The predicted octanol–water partition coefficient (Wildman–Crippen LogP) is 0.850. The molecule has 0 aliphatic heterocycles. The van der Waals surface area contributed by atoms with E-state index in [1.165, 1.54) is 4.68 Å². The van der Waals surface area contributed by atoms with Crippen LogP contribution in [0.4, 0.5) is 0 Å². The van der Waals surface area contributed by atoms with Crippen LogP contribution in [0.3, 0.4) is 0 Å². The third kappa shape index (κ3) is 2.09. The van der Waals surface area contributed by atoms with Gasteiger partial charge in [-0.1, -0.05) is 18.2 Å². The van der Waals surface area contributed by atoms with E-state index in [0.717, 1.165) is 0 Å². The van der Waals surface area contributed by atoms with Crippen LogP contribution in [0.2, 0.25) is 0 Å². The van der Waals surface area contributed by atoms with Gasteiger partial charge in [0.05, 0.1) is 5.69 Å². The number of hydrogen-bond acceptors (Lipinski definition) is 3. The summed E-state index contributed by atoms with van der Waals surface area (Å²) in [5.74, 6) is 0. The first-order valence-corrected chi connectivity index (χ1v) is 6.66. The average molecular weight is 285 g/mol. The van der Waals surface area contributed by atoms with Crippen LogP contribution in [0, 0.1) is 6.92 Å². The lowest BCUT2D eigenvalue weighted by atomic mass is 10.1. The van der Waals surface area contributed by atoms with Crippen molar-refractivity contribution in [2.75, 3.05) is 6.61 Å². The summed E-state index contributed by atoms with van der Waals surface area (Å²) in [4.78, 5) is 27.9. The smallest absolute Gasteiger partial charge is 0.284 e. The zero-order chi connectivity index (χ0) is 15.0. The molecule has 0 atom stereocenters. The molecule has 0 aliphatic carbocycles.